The second-order valence-electron chi connectivity index (χ2n) is 5.23. The van der Waals surface area contributed by atoms with Crippen LogP contribution >= 0.6 is 27.7 Å². The van der Waals surface area contributed by atoms with Gasteiger partial charge in [0.15, 0.2) is 0 Å². The van der Waals surface area contributed by atoms with Gasteiger partial charge in [-0.1, -0.05) is 28.8 Å². The van der Waals surface area contributed by atoms with Gasteiger partial charge in [0.1, 0.15) is 0 Å². The SMILES string of the molecule is O=C(NCC1CCCC(Br)C1)C1CCCCS1. The van der Waals surface area contributed by atoms with Crippen LogP contribution in [0.4, 0.5) is 0 Å². The van der Waals surface area contributed by atoms with Gasteiger partial charge >= 0.3 is 0 Å². The molecular weight excluding hydrogens is 298 g/mol. The summed E-state index contributed by atoms with van der Waals surface area (Å²) in [5.74, 6) is 2.13. The molecule has 0 aromatic rings. The van der Waals surface area contributed by atoms with Crippen molar-refractivity contribution < 1.29 is 4.79 Å². The zero-order valence-electron chi connectivity index (χ0n) is 10.3. The molecule has 1 saturated carbocycles. The fourth-order valence-corrected chi connectivity index (χ4v) is 4.79. The second-order valence-corrected chi connectivity index (χ2v) is 7.84. The van der Waals surface area contributed by atoms with Gasteiger partial charge in [-0.3, -0.25) is 4.79 Å². The maximum atomic E-state index is 12.0. The molecule has 0 aromatic heterocycles. The molecule has 2 fully saturated rings. The summed E-state index contributed by atoms with van der Waals surface area (Å²) < 4.78 is 0. The van der Waals surface area contributed by atoms with E-state index in [2.05, 4.69) is 21.2 Å². The number of halogens is 1. The van der Waals surface area contributed by atoms with Crippen LogP contribution < -0.4 is 5.32 Å². The molecule has 3 atom stereocenters. The first kappa shape index (κ1) is 13.7. The van der Waals surface area contributed by atoms with E-state index >= 15 is 0 Å². The van der Waals surface area contributed by atoms with Crippen molar-refractivity contribution in [2.45, 2.75) is 55.0 Å². The molecule has 2 nitrogen and oxygen atoms in total. The predicted octanol–water partition coefficient (Wildman–Crippen LogP) is 3.34. The molecule has 2 aliphatic rings. The molecule has 1 aliphatic heterocycles. The van der Waals surface area contributed by atoms with E-state index in [1.54, 1.807) is 0 Å². The van der Waals surface area contributed by atoms with E-state index in [0.717, 1.165) is 18.7 Å². The smallest absolute Gasteiger partial charge is 0.233 e. The van der Waals surface area contributed by atoms with Gasteiger partial charge in [-0.15, -0.1) is 11.8 Å². The van der Waals surface area contributed by atoms with Crippen molar-refractivity contribution in [1.29, 1.82) is 0 Å². The molecule has 1 saturated heterocycles. The lowest BCUT2D eigenvalue weighted by Gasteiger charge is -2.27. The predicted molar refractivity (Wildman–Crippen MR) is 77.8 cm³/mol. The Morgan fingerprint density at radius 1 is 1.24 bits per heavy atom. The number of amides is 1. The molecule has 0 radical (unpaired) electrons. The van der Waals surface area contributed by atoms with E-state index in [9.17, 15) is 4.79 Å². The number of nitrogens with one attached hydrogen (secondary N) is 1. The highest BCUT2D eigenvalue weighted by Gasteiger charge is 2.24. The van der Waals surface area contributed by atoms with Crippen molar-refractivity contribution in [2.24, 2.45) is 5.92 Å². The number of alkyl halides is 1. The summed E-state index contributed by atoms with van der Waals surface area (Å²) in [7, 11) is 0. The molecule has 1 aliphatic carbocycles. The van der Waals surface area contributed by atoms with Crippen LogP contribution in [0.5, 0.6) is 0 Å². The maximum Gasteiger partial charge on any atom is 0.233 e. The number of thioether (sulfide) groups is 1. The first-order valence-electron chi connectivity index (χ1n) is 6.79. The van der Waals surface area contributed by atoms with Crippen LogP contribution in [0.2, 0.25) is 0 Å². The van der Waals surface area contributed by atoms with Gasteiger partial charge in [-0.25, -0.2) is 0 Å². The minimum absolute atomic E-state index is 0.229. The first-order chi connectivity index (χ1) is 8.25. The van der Waals surface area contributed by atoms with E-state index in [-0.39, 0.29) is 11.2 Å². The van der Waals surface area contributed by atoms with Crippen LogP contribution in [-0.2, 0) is 4.79 Å². The Kier molecular flexibility index (Phi) is 5.67. The fourth-order valence-electron chi connectivity index (χ4n) is 2.72. The highest BCUT2D eigenvalue weighted by atomic mass is 79.9. The van der Waals surface area contributed by atoms with Crippen molar-refractivity contribution in [2.75, 3.05) is 12.3 Å². The lowest BCUT2D eigenvalue weighted by Crippen LogP contribution is -2.38. The largest absolute Gasteiger partial charge is 0.355 e. The van der Waals surface area contributed by atoms with Crippen molar-refractivity contribution in [3.05, 3.63) is 0 Å². The number of carbonyl (C=O) groups is 1. The molecule has 1 N–H and O–H groups in total. The Balaban J connectivity index is 1.68. The zero-order chi connectivity index (χ0) is 12.1. The van der Waals surface area contributed by atoms with Gasteiger partial charge in [-0.2, -0.15) is 0 Å². The lowest BCUT2D eigenvalue weighted by atomic mass is 9.89. The van der Waals surface area contributed by atoms with Crippen molar-refractivity contribution in [1.82, 2.24) is 5.32 Å². The minimum Gasteiger partial charge on any atom is -0.355 e. The van der Waals surface area contributed by atoms with Crippen LogP contribution in [0, 0.1) is 5.92 Å². The Hall–Kier alpha value is 0.300. The molecule has 4 heteroatoms. The summed E-state index contributed by atoms with van der Waals surface area (Å²) in [4.78, 5) is 12.6. The summed E-state index contributed by atoms with van der Waals surface area (Å²) >= 11 is 5.53. The minimum atomic E-state index is 0.229. The van der Waals surface area contributed by atoms with E-state index in [1.807, 2.05) is 11.8 Å². The van der Waals surface area contributed by atoms with Gasteiger partial charge in [0.2, 0.25) is 5.91 Å². The highest BCUT2D eigenvalue weighted by molar-refractivity contribution is 9.09. The molecule has 0 bridgehead atoms. The highest BCUT2D eigenvalue weighted by Crippen LogP contribution is 2.29. The van der Waals surface area contributed by atoms with Crippen LogP contribution in [0.3, 0.4) is 0 Å². The third kappa shape index (κ3) is 4.47. The second kappa shape index (κ2) is 7.03. The average molecular weight is 320 g/mol. The van der Waals surface area contributed by atoms with Gasteiger partial charge in [0, 0.05) is 11.4 Å². The van der Waals surface area contributed by atoms with Crippen LogP contribution in [0.15, 0.2) is 0 Å². The third-order valence-corrected chi connectivity index (χ3v) is 5.96. The molecule has 3 unspecified atom stereocenters. The summed E-state index contributed by atoms with van der Waals surface area (Å²) in [5.41, 5.74) is 0. The fraction of sp³-hybridized carbons (Fsp3) is 0.923. The van der Waals surface area contributed by atoms with Crippen molar-refractivity contribution >= 4 is 33.6 Å². The molecule has 17 heavy (non-hydrogen) atoms. The van der Waals surface area contributed by atoms with Crippen LogP contribution in [-0.4, -0.2) is 28.3 Å². The third-order valence-electron chi connectivity index (χ3n) is 3.76. The van der Waals surface area contributed by atoms with E-state index in [4.69, 9.17) is 0 Å². The summed E-state index contributed by atoms with van der Waals surface area (Å²) in [6, 6.07) is 0. The number of hydrogen-bond acceptors (Lipinski definition) is 2. The quantitative estimate of drug-likeness (QED) is 0.808. The molecular formula is C13H22BrNOS. The monoisotopic (exact) mass is 319 g/mol. The number of hydrogen-bond donors (Lipinski definition) is 1. The van der Waals surface area contributed by atoms with Gasteiger partial charge in [0.05, 0.1) is 5.25 Å². The molecule has 1 heterocycles. The topological polar surface area (TPSA) is 29.1 Å². The Bertz CT molecular complexity index is 256. The molecule has 98 valence electrons. The first-order valence-corrected chi connectivity index (χ1v) is 8.75. The number of carbonyl (C=O) groups excluding carboxylic acids is 1. The summed E-state index contributed by atoms with van der Waals surface area (Å²) in [5, 5.41) is 3.39. The van der Waals surface area contributed by atoms with E-state index in [0.29, 0.717) is 10.7 Å². The Morgan fingerprint density at radius 3 is 2.82 bits per heavy atom. The molecule has 2 rings (SSSR count). The lowest BCUT2D eigenvalue weighted by molar-refractivity contribution is -0.121. The zero-order valence-corrected chi connectivity index (χ0v) is 12.7. The normalized spacial score (nSPS) is 34.3. The Labute approximate surface area is 117 Å². The number of rotatable bonds is 3. The standard InChI is InChI=1S/C13H22BrNOS/c14-11-5-3-4-10(8-11)9-15-13(16)12-6-1-2-7-17-12/h10-12H,1-9H2,(H,15,16). The average Bonchev–Trinajstić information content (AvgIpc) is 2.37. The van der Waals surface area contributed by atoms with Gasteiger partial charge < -0.3 is 5.32 Å². The Morgan fingerprint density at radius 2 is 2.12 bits per heavy atom. The van der Waals surface area contributed by atoms with Gasteiger partial charge in [0.25, 0.3) is 0 Å². The van der Waals surface area contributed by atoms with Crippen LogP contribution in [0.25, 0.3) is 0 Å². The van der Waals surface area contributed by atoms with E-state index in [1.165, 1.54) is 38.5 Å². The molecule has 1 amide bonds. The van der Waals surface area contributed by atoms with Gasteiger partial charge in [-0.05, 0) is 43.8 Å². The summed E-state index contributed by atoms with van der Waals surface area (Å²) in [6.07, 6.45) is 8.67. The maximum absolute atomic E-state index is 12.0. The molecule has 0 spiro atoms. The van der Waals surface area contributed by atoms with Crippen molar-refractivity contribution in [3.63, 3.8) is 0 Å². The van der Waals surface area contributed by atoms with Crippen LogP contribution in [0.1, 0.15) is 44.9 Å². The molecule has 0 aromatic carbocycles. The summed E-state index contributed by atoms with van der Waals surface area (Å²) in [6.45, 7) is 0.887. The van der Waals surface area contributed by atoms with Crippen molar-refractivity contribution in [3.8, 4) is 0 Å². The van der Waals surface area contributed by atoms with E-state index < -0.39 is 0 Å².